The molecule has 0 aromatic heterocycles. The first-order chi connectivity index (χ1) is 13.5. The van der Waals surface area contributed by atoms with Gasteiger partial charge in [-0.2, -0.15) is 0 Å². The third-order valence-electron chi connectivity index (χ3n) is 3.85. The van der Waals surface area contributed by atoms with Crippen LogP contribution in [-0.2, 0) is 14.3 Å². The van der Waals surface area contributed by atoms with Gasteiger partial charge in [0.05, 0.1) is 11.5 Å². The van der Waals surface area contributed by atoms with Gasteiger partial charge >= 0.3 is 5.97 Å². The average Bonchev–Trinajstić information content (AvgIpc) is 3.15. The van der Waals surface area contributed by atoms with E-state index in [1.807, 2.05) is 31.2 Å². The Bertz CT molecular complexity index is 881. The Hall–Kier alpha value is -3.00. The molecule has 2 aromatic carbocycles. The second-order valence-electron chi connectivity index (χ2n) is 6.06. The summed E-state index contributed by atoms with van der Waals surface area (Å²) in [5, 5.41) is 2.75. The van der Waals surface area contributed by atoms with Gasteiger partial charge in [0.2, 0.25) is 12.7 Å². The molecule has 0 unspecified atom stereocenters. The van der Waals surface area contributed by atoms with Crippen molar-refractivity contribution in [2.75, 3.05) is 30.2 Å². The van der Waals surface area contributed by atoms with Crippen LogP contribution in [0.25, 0.3) is 0 Å². The molecule has 1 aliphatic rings. The van der Waals surface area contributed by atoms with Gasteiger partial charge in [0.25, 0.3) is 0 Å². The van der Waals surface area contributed by atoms with Crippen LogP contribution in [-0.4, -0.2) is 42.6 Å². The highest BCUT2D eigenvalue weighted by Gasteiger charge is 2.17. The number of thioether (sulfide) groups is 1. The summed E-state index contributed by atoms with van der Waals surface area (Å²) in [7, 11) is 0. The summed E-state index contributed by atoms with van der Waals surface area (Å²) in [5.74, 6) is 0.0599. The van der Waals surface area contributed by atoms with E-state index in [9.17, 15) is 14.4 Å². The largest absolute Gasteiger partial charge is 0.457 e. The highest BCUT2D eigenvalue weighted by atomic mass is 32.2. The van der Waals surface area contributed by atoms with E-state index in [4.69, 9.17) is 14.2 Å². The van der Waals surface area contributed by atoms with Crippen LogP contribution in [0.1, 0.15) is 15.9 Å². The van der Waals surface area contributed by atoms with Crippen LogP contribution in [0.2, 0.25) is 0 Å². The van der Waals surface area contributed by atoms with E-state index < -0.39 is 5.97 Å². The fourth-order valence-corrected chi connectivity index (χ4v) is 3.01. The van der Waals surface area contributed by atoms with Gasteiger partial charge in [-0.1, -0.05) is 17.7 Å². The van der Waals surface area contributed by atoms with E-state index in [-0.39, 0.29) is 36.6 Å². The lowest BCUT2D eigenvalue weighted by atomic mass is 10.1. The smallest absolute Gasteiger partial charge is 0.316 e. The van der Waals surface area contributed by atoms with Crippen LogP contribution < -0.4 is 14.8 Å². The molecule has 0 aliphatic carbocycles. The molecular formula is C20H19NO6S. The Kier molecular flexibility index (Phi) is 6.54. The summed E-state index contributed by atoms with van der Waals surface area (Å²) in [6.07, 6.45) is 0. The number of carbonyl (C=O) groups excluding carboxylic acids is 3. The maximum absolute atomic E-state index is 12.1. The Morgan fingerprint density at radius 1 is 1.04 bits per heavy atom. The second-order valence-corrected chi connectivity index (χ2v) is 7.04. The fraction of sp³-hybridized carbons (Fsp3) is 0.250. The molecule has 28 heavy (non-hydrogen) atoms. The molecule has 0 atom stereocenters. The summed E-state index contributed by atoms with van der Waals surface area (Å²) in [5.41, 5.74) is 2.18. The summed E-state index contributed by atoms with van der Waals surface area (Å²) in [4.78, 5) is 35.7. The van der Waals surface area contributed by atoms with E-state index in [0.29, 0.717) is 22.7 Å². The van der Waals surface area contributed by atoms with E-state index >= 15 is 0 Å². The van der Waals surface area contributed by atoms with E-state index in [2.05, 4.69) is 5.32 Å². The number of amides is 1. The van der Waals surface area contributed by atoms with Crippen LogP contribution in [0.4, 0.5) is 5.69 Å². The van der Waals surface area contributed by atoms with Crippen LogP contribution in [0, 0.1) is 6.92 Å². The van der Waals surface area contributed by atoms with Crippen molar-refractivity contribution < 1.29 is 28.6 Å². The number of benzene rings is 2. The minimum Gasteiger partial charge on any atom is -0.457 e. The molecule has 8 heteroatoms. The molecule has 0 fully saturated rings. The Labute approximate surface area is 166 Å². The van der Waals surface area contributed by atoms with Crippen LogP contribution in [0.3, 0.4) is 0 Å². The van der Waals surface area contributed by atoms with Crippen LogP contribution in [0.5, 0.6) is 11.5 Å². The third kappa shape index (κ3) is 5.50. The molecule has 0 radical (unpaired) electrons. The number of ether oxygens (including phenoxy) is 3. The number of hydrogen-bond donors (Lipinski definition) is 1. The van der Waals surface area contributed by atoms with Crippen LogP contribution in [0.15, 0.2) is 42.5 Å². The van der Waals surface area contributed by atoms with Gasteiger partial charge in [0.1, 0.15) is 0 Å². The summed E-state index contributed by atoms with van der Waals surface area (Å²) in [6, 6.07) is 12.2. The molecule has 1 N–H and O–H groups in total. The zero-order valence-electron chi connectivity index (χ0n) is 15.2. The van der Waals surface area contributed by atoms with Crippen molar-refractivity contribution in [2.45, 2.75) is 6.92 Å². The zero-order valence-corrected chi connectivity index (χ0v) is 16.0. The number of ketones is 1. The lowest BCUT2D eigenvalue weighted by Gasteiger charge is -2.06. The number of fused-ring (bicyclic) bond motifs is 1. The van der Waals surface area contributed by atoms with E-state index in [1.54, 1.807) is 18.2 Å². The van der Waals surface area contributed by atoms with Gasteiger partial charge in [-0.05, 0) is 37.3 Å². The van der Waals surface area contributed by atoms with Crippen molar-refractivity contribution in [3.05, 3.63) is 53.6 Å². The van der Waals surface area contributed by atoms with Gasteiger partial charge in [0.15, 0.2) is 23.9 Å². The number of esters is 1. The predicted octanol–water partition coefficient (Wildman–Crippen LogP) is 2.82. The standard InChI is InChI=1S/C20H19NO6S/c1-13-2-5-15(6-3-13)21-19(23)10-28-11-20(24)25-9-16(22)14-4-7-17-18(8-14)27-12-26-17/h2-8H,9-12H2,1H3,(H,21,23). The van der Waals surface area contributed by atoms with Crippen molar-refractivity contribution in [3.63, 3.8) is 0 Å². The molecule has 1 aliphatic heterocycles. The number of hydrogen-bond acceptors (Lipinski definition) is 7. The first-order valence-electron chi connectivity index (χ1n) is 8.54. The number of rotatable bonds is 8. The van der Waals surface area contributed by atoms with Gasteiger partial charge in [-0.25, -0.2) is 0 Å². The third-order valence-corrected chi connectivity index (χ3v) is 4.75. The second kappa shape index (κ2) is 9.27. The Balaban J connectivity index is 1.35. The number of Topliss-reactive ketones (excluding diaryl/α,β-unsaturated/α-hetero) is 1. The summed E-state index contributed by atoms with van der Waals surface area (Å²) < 4.78 is 15.4. The van der Waals surface area contributed by atoms with Crippen molar-refractivity contribution in [3.8, 4) is 11.5 Å². The first kappa shape index (κ1) is 19.8. The molecule has 2 aromatic rings. The number of nitrogens with one attached hydrogen (secondary N) is 1. The fourth-order valence-electron chi connectivity index (χ4n) is 2.40. The van der Waals surface area contributed by atoms with Crippen LogP contribution >= 0.6 is 11.8 Å². The molecule has 0 bridgehead atoms. The number of anilines is 1. The molecule has 0 spiro atoms. The summed E-state index contributed by atoms with van der Waals surface area (Å²) in [6.45, 7) is 1.72. The van der Waals surface area contributed by atoms with E-state index in [0.717, 1.165) is 17.3 Å². The topological polar surface area (TPSA) is 90.9 Å². The van der Waals surface area contributed by atoms with Crippen molar-refractivity contribution in [2.24, 2.45) is 0 Å². The summed E-state index contributed by atoms with van der Waals surface area (Å²) >= 11 is 1.12. The van der Waals surface area contributed by atoms with E-state index in [1.165, 1.54) is 0 Å². The molecule has 7 nitrogen and oxygen atoms in total. The van der Waals surface area contributed by atoms with Crippen molar-refractivity contribution >= 4 is 35.1 Å². The highest BCUT2D eigenvalue weighted by Crippen LogP contribution is 2.32. The normalized spacial score (nSPS) is 11.8. The average molecular weight is 401 g/mol. The molecule has 1 amide bonds. The number of aryl methyl sites for hydroxylation is 1. The molecule has 0 saturated heterocycles. The molecule has 146 valence electrons. The molecule has 1 heterocycles. The zero-order chi connectivity index (χ0) is 19.9. The SMILES string of the molecule is Cc1ccc(NC(=O)CSCC(=O)OCC(=O)c2ccc3c(c2)OCO3)cc1. The molecule has 0 saturated carbocycles. The lowest BCUT2D eigenvalue weighted by Crippen LogP contribution is -2.18. The molecule has 3 rings (SSSR count). The Morgan fingerprint density at radius 3 is 2.57 bits per heavy atom. The number of carbonyl (C=O) groups is 3. The van der Waals surface area contributed by atoms with Gasteiger partial charge < -0.3 is 19.5 Å². The lowest BCUT2D eigenvalue weighted by molar-refractivity contribution is -0.139. The highest BCUT2D eigenvalue weighted by molar-refractivity contribution is 8.00. The predicted molar refractivity (Wildman–Crippen MR) is 105 cm³/mol. The Morgan fingerprint density at radius 2 is 1.79 bits per heavy atom. The molecular weight excluding hydrogens is 382 g/mol. The quantitative estimate of drug-likeness (QED) is 0.537. The maximum Gasteiger partial charge on any atom is 0.316 e. The monoisotopic (exact) mass is 401 g/mol. The van der Waals surface area contributed by atoms with Crippen molar-refractivity contribution in [1.82, 2.24) is 0 Å². The minimum absolute atomic E-state index is 0.0181. The van der Waals surface area contributed by atoms with Gasteiger partial charge in [-0.15, -0.1) is 11.8 Å². The first-order valence-corrected chi connectivity index (χ1v) is 9.69. The maximum atomic E-state index is 12.1. The van der Waals surface area contributed by atoms with Gasteiger partial charge in [-0.3, -0.25) is 14.4 Å². The van der Waals surface area contributed by atoms with Gasteiger partial charge in [0, 0.05) is 11.3 Å². The van der Waals surface area contributed by atoms with Crippen molar-refractivity contribution in [1.29, 1.82) is 0 Å². The minimum atomic E-state index is -0.553.